The van der Waals surface area contributed by atoms with Gasteiger partial charge in [-0.3, -0.25) is 4.79 Å². The van der Waals surface area contributed by atoms with Gasteiger partial charge in [0.25, 0.3) is 0 Å². The zero-order chi connectivity index (χ0) is 15.6. The third-order valence-electron chi connectivity index (χ3n) is 3.12. The van der Waals surface area contributed by atoms with Crippen LogP contribution in [0.2, 0.25) is 0 Å². The first-order valence-corrected chi connectivity index (χ1v) is 6.52. The summed E-state index contributed by atoms with van der Waals surface area (Å²) in [5.74, 6) is -1.90. The van der Waals surface area contributed by atoms with Crippen LogP contribution in [-0.2, 0) is 11.2 Å². The minimum atomic E-state index is -1.01. The van der Waals surface area contributed by atoms with Gasteiger partial charge in [-0.05, 0) is 23.6 Å². The fraction of sp³-hybridized carbons (Fsp3) is 0.267. The molecule has 0 saturated carbocycles. The number of carboxylic acid groups (broad SMARTS) is 2. The summed E-state index contributed by atoms with van der Waals surface area (Å²) in [6.07, 6.45) is 1.29. The molecule has 0 saturated heterocycles. The van der Waals surface area contributed by atoms with E-state index in [-0.39, 0.29) is 17.9 Å². The van der Waals surface area contributed by atoms with E-state index in [9.17, 15) is 14.7 Å². The van der Waals surface area contributed by atoms with Crippen molar-refractivity contribution in [3.05, 3.63) is 47.3 Å². The number of rotatable bonds is 5. The average Bonchev–Trinajstić information content (AvgIpc) is 2.83. The summed E-state index contributed by atoms with van der Waals surface area (Å²) < 4.78 is 1.58. The van der Waals surface area contributed by atoms with Crippen molar-refractivity contribution in [3.63, 3.8) is 0 Å². The van der Waals surface area contributed by atoms with Crippen LogP contribution in [-0.4, -0.2) is 31.9 Å². The average molecular weight is 288 g/mol. The van der Waals surface area contributed by atoms with Gasteiger partial charge in [0.15, 0.2) is 0 Å². The van der Waals surface area contributed by atoms with E-state index < -0.39 is 11.9 Å². The summed E-state index contributed by atoms with van der Waals surface area (Å²) in [7, 11) is 0. The molecule has 0 bridgehead atoms. The Balaban J connectivity index is 2.42. The van der Waals surface area contributed by atoms with Gasteiger partial charge >= 0.3 is 11.9 Å². The fourth-order valence-corrected chi connectivity index (χ4v) is 2.21. The third kappa shape index (κ3) is 3.10. The summed E-state index contributed by atoms with van der Waals surface area (Å²) in [4.78, 5) is 21.9. The molecule has 0 aliphatic carbocycles. The van der Waals surface area contributed by atoms with Crippen molar-refractivity contribution in [2.75, 3.05) is 0 Å². The van der Waals surface area contributed by atoms with E-state index in [1.165, 1.54) is 6.20 Å². The Morgan fingerprint density at radius 1 is 1.19 bits per heavy atom. The van der Waals surface area contributed by atoms with E-state index in [4.69, 9.17) is 5.11 Å². The largest absolute Gasteiger partial charge is 0.481 e. The molecule has 0 amide bonds. The maximum Gasteiger partial charge on any atom is 0.339 e. The molecule has 2 N–H and O–H groups in total. The van der Waals surface area contributed by atoms with Crippen molar-refractivity contribution in [1.29, 1.82) is 0 Å². The molecule has 6 heteroatoms. The number of hydrogen-bond donors (Lipinski definition) is 2. The smallest absolute Gasteiger partial charge is 0.339 e. The number of aromatic carboxylic acids is 1. The summed E-state index contributed by atoms with van der Waals surface area (Å²) >= 11 is 0. The molecule has 1 aromatic carbocycles. The number of carbonyl (C=O) groups is 2. The maximum atomic E-state index is 11.2. The predicted molar refractivity (Wildman–Crippen MR) is 76.0 cm³/mol. The van der Waals surface area contributed by atoms with Crippen LogP contribution in [0.4, 0.5) is 0 Å². The predicted octanol–water partition coefficient (Wildman–Crippen LogP) is 2.32. The number of hydrogen-bond acceptors (Lipinski definition) is 3. The molecule has 0 spiro atoms. The van der Waals surface area contributed by atoms with Gasteiger partial charge in [0.05, 0.1) is 24.0 Å². The molecule has 1 aromatic heterocycles. The van der Waals surface area contributed by atoms with Crippen LogP contribution < -0.4 is 0 Å². The number of aliphatic carboxylic acids is 1. The Labute approximate surface area is 121 Å². The van der Waals surface area contributed by atoms with Crippen molar-refractivity contribution >= 4 is 11.9 Å². The second kappa shape index (κ2) is 5.78. The van der Waals surface area contributed by atoms with Crippen LogP contribution >= 0.6 is 0 Å². The van der Waals surface area contributed by atoms with Crippen molar-refractivity contribution < 1.29 is 19.8 Å². The van der Waals surface area contributed by atoms with Crippen LogP contribution in [0.1, 0.15) is 41.4 Å². The highest BCUT2D eigenvalue weighted by Crippen LogP contribution is 2.23. The Morgan fingerprint density at radius 3 is 2.29 bits per heavy atom. The molecule has 6 nitrogen and oxygen atoms in total. The van der Waals surface area contributed by atoms with Gasteiger partial charge in [-0.15, -0.1) is 0 Å². The van der Waals surface area contributed by atoms with Gasteiger partial charge in [0.2, 0.25) is 0 Å². The summed E-state index contributed by atoms with van der Waals surface area (Å²) in [6, 6.07) is 6.89. The van der Waals surface area contributed by atoms with Crippen LogP contribution in [0, 0.1) is 0 Å². The van der Waals surface area contributed by atoms with Crippen LogP contribution in [0.3, 0.4) is 0 Å². The molecule has 1 heterocycles. The zero-order valence-corrected chi connectivity index (χ0v) is 11.8. The minimum absolute atomic E-state index is 0.00250. The van der Waals surface area contributed by atoms with E-state index in [0.717, 1.165) is 0 Å². The van der Waals surface area contributed by atoms with Gasteiger partial charge in [-0.2, -0.15) is 5.10 Å². The quantitative estimate of drug-likeness (QED) is 0.880. The van der Waals surface area contributed by atoms with Crippen LogP contribution in [0.5, 0.6) is 0 Å². The lowest BCUT2D eigenvalue weighted by atomic mass is 10.1. The molecule has 110 valence electrons. The van der Waals surface area contributed by atoms with E-state index in [2.05, 4.69) is 5.10 Å². The minimum Gasteiger partial charge on any atom is -0.481 e. The van der Waals surface area contributed by atoms with Crippen molar-refractivity contribution in [2.24, 2.45) is 0 Å². The molecule has 2 rings (SSSR count). The first-order valence-electron chi connectivity index (χ1n) is 6.52. The zero-order valence-electron chi connectivity index (χ0n) is 11.8. The second-order valence-electron chi connectivity index (χ2n) is 5.05. The van der Waals surface area contributed by atoms with Crippen LogP contribution in [0.25, 0.3) is 5.69 Å². The molecular formula is C15H16N2O4. The van der Waals surface area contributed by atoms with Gasteiger partial charge < -0.3 is 10.2 Å². The molecule has 0 atom stereocenters. The fourth-order valence-electron chi connectivity index (χ4n) is 2.21. The number of benzene rings is 1. The molecule has 0 aliphatic rings. The van der Waals surface area contributed by atoms with Gasteiger partial charge in [0.1, 0.15) is 5.56 Å². The SMILES string of the molecule is CC(C)c1c(C(=O)O)cnn1-c1ccc(CC(=O)O)cc1. The highest BCUT2D eigenvalue weighted by atomic mass is 16.4. The van der Waals surface area contributed by atoms with Gasteiger partial charge in [0, 0.05) is 0 Å². The second-order valence-corrected chi connectivity index (χ2v) is 5.05. The lowest BCUT2D eigenvalue weighted by molar-refractivity contribution is -0.136. The summed E-state index contributed by atoms with van der Waals surface area (Å²) in [5, 5.41) is 22.1. The van der Waals surface area contributed by atoms with E-state index in [1.54, 1.807) is 28.9 Å². The summed E-state index contributed by atoms with van der Waals surface area (Å²) in [5.41, 5.74) is 2.19. The van der Waals surface area contributed by atoms with E-state index in [1.807, 2.05) is 13.8 Å². The number of aromatic nitrogens is 2. The Kier molecular flexibility index (Phi) is 4.07. The van der Waals surface area contributed by atoms with Gasteiger partial charge in [-0.25, -0.2) is 9.48 Å². The first-order chi connectivity index (χ1) is 9.90. The van der Waals surface area contributed by atoms with E-state index >= 15 is 0 Å². The highest BCUT2D eigenvalue weighted by molar-refractivity contribution is 5.89. The van der Waals surface area contributed by atoms with Crippen molar-refractivity contribution in [1.82, 2.24) is 9.78 Å². The Bertz CT molecular complexity index is 671. The normalized spacial score (nSPS) is 10.8. The topological polar surface area (TPSA) is 92.4 Å². The summed E-state index contributed by atoms with van der Waals surface area (Å²) in [6.45, 7) is 3.80. The molecule has 0 radical (unpaired) electrons. The van der Waals surface area contributed by atoms with Crippen molar-refractivity contribution in [3.8, 4) is 5.69 Å². The van der Waals surface area contributed by atoms with Gasteiger partial charge in [-0.1, -0.05) is 26.0 Å². The molecule has 0 unspecified atom stereocenters. The molecule has 2 aromatic rings. The standard InChI is InChI=1S/C15H16N2O4/c1-9(2)14-12(15(20)21)8-16-17(14)11-5-3-10(4-6-11)7-13(18)19/h3-6,8-9H,7H2,1-2H3,(H,18,19)(H,20,21). The monoisotopic (exact) mass is 288 g/mol. The van der Waals surface area contributed by atoms with Crippen molar-refractivity contribution in [2.45, 2.75) is 26.2 Å². The Hall–Kier alpha value is -2.63. The molecular weight excluding hydrogens is 272 g/mol. The lowest BCUT2D eigenvalue weighted by Gasteiger charge is -2.12. The highest BCUT2D eigenvalue weighted by Gasteiger charge is 2.20. The van der Waals surface area contributed by atoms with Crippen LogP contribution in [0.15, 0.2) is 30.5 Å². The molecule has 0 aliphatic heterocycles. The number of nitrogens with zero attached hydrogens (tertiary/aromatic N) is 2. The lowest BCUT2D eigenvalue weighted by Crippen LogP contribution is -2.08. The van der Waals surface area contributed by atoms with E-state index in [0.29, 0.717) is 16.9 Å². The third-order valence-corrected chi connectivity index (χ3v) is 3.12. The molecule has 21 heavy (non-hydrogen) atoms. The molecule has 0 fully saturated rings. The maximum absolute atomic E-state index is 11.2. The number of carboxylic acids is 2. The Morgan fingerprint density at radius 2 is 1.81 bits per heavy atom. The first kappa shape index (κ1) is 14.8.